The van der Waals surface area contributed by atoms with E-state index in [0.717, 1.165) is 22.6 Å². The van der Waals surface area contributed by atoms with Gasteiger partial charge in [0.15, 0.2) is 0 Å². The molecule has 4 heteroatoms. The molecule has 2 aromatic carbocycles. The van der Waals surface area contributed by atoms with Crippen molar-refractivity contribution >= 4 is 23.2 Å². The van der Waals surface area contributed by atoms with Crippen LogP contribution < -0.4 is 10.5 Å². The summed E-state index contributed by atoms with van der Waals surface area (Å²) in [5, 5.41) is 1.38. The monoisotopic (exact) mass is 323 g/mol. The molecule has 1 unspecified atom stereocenters. The van der Waals surface area contributed by atoms with Crippen LogP contribution in [-0.4, -0.2) is 13.2 Å². The van der Waals surface area contributed by atoms with Crippen LogP contribution in [0.15, 0.2) is 42.5 Å². The molecule has 2 aromatic rings. The standard InChI is InChI=1S/C17H19Cl2NO/c1-2-21-17-8-7-12(10-16(17)19)9-13(11-20)14-5-3-4-6-15(14)18/h3-8,10,13H,2,9,11,20H2,1H3. The fourth-order valence-electron chi connectivity index (χ4n) is 2.35. The van der Waals surface area contributed by atoms with Crippen molar-refractivity contribution in [3.8, 4) is 5.75 Å². The van der Waals surface area contributed by atoms with Crippen LogP contribution in [0, 0.1) is 0 Å². The molecule has 0 heterocycles. The fourth-order valence-corrected chi connectivity index (χ4v) is 2.90. The number of hydrogen-bond acceptors (Lipinski definition) is 2. The summed E-state index contributed by atoms with van der Waals surface area (Å²) < 4.78 is 5.45. The summed E-state index contributed by atoms with van der Waals surface area (Å²) in [7, 11) is 0. The van der Waals surface area contributed by atoms with Crippen LogP contribution in [0.2, 0.25) is 10.0 Å². The van der Waals surface area contributed by atoms with E-state index in [-0.39, 0.29) is 5.92 Å². The van der Waals surface area contributed by atoms with Gasteiger partial charge in [-0.3, -0.25) is 0 Å². The maximum atomic E-state index is 6.26. The number of benzene rings is 2. The zero-order chi connectivity index (χ0) is 15.2. The van der Waals surface area contributed by atoms with Crippen molar-refractivity contribution in [1.82, 2.24) is 0 Å². The number of rotatable bonds is 6. The Morgan fingerprint density at radius 3 is 2.48 bits per heavy atom. The number of ether oxygens (including phenoxy) is 1. The first kappa shape index (κ1) is 16.2. The predicted molar refractivity (Wildman–Crippen MR) is 89.6 cm³/mol. The van der Waals surface area contributed by atoms with Crippen molar-refractivity contribution in [2.45, 2.75) is 19.3 Å². The molecule has 0 aliphatic rings. The van der Waals surface area contributed by atoms with Crippen molar-refractivity contribution in [2.24, 2.45) is 5.73 Å². The molecular formula is C17H19Cl2NO. The molecule has 112 valence electrons. The predicted octanol–water partition coefficient (Wildman–Crippen LogP) is 4.68. The highest BCUT2D eigenvalue weighted by molar-refractivity contribution is 6.32. The fraction of sp³-hybridized carbons (Fsp3) is 0.294. The zero-order valence-electron chi connectivity index (χ0n) is 12.0. The van der Waals surface area contributed by atoms with Crippen LogP contribution in [0.25, 0.3) is 0 Å². The molecule has 21 heavy (non-hydrogen) atoms. The third-order valence-corrected chi connectivity index (χ3v) is 4.05. The van der Waals surface area contributed by atoms with Crippen LogP contribution in [0.3, 0.4) is 0 Å². The highest BCUT2D eigenvalue weighted by Gasteiger charge is 2.14. The van der Waals surface area contributed by atoms with Crippen LogP contribution in [-0.2, 0) is 6.42 Å². The minimum Gasteiger partial charge on any atom is -0.492 e. The average Bonchev–Trinajstić information content (AvgIpc) is 2.48. The van der Waals surface area contributed by atoms with Crippen molar-refractivity contribution in [2.75, 3.05) is 13.2 Å². The Hall–Kier alpha value is -1.22. The normalized spacial score (nSPS) is 12.2. The van der Waals surface area contributed by atoms with Gasteiger partial charge < -0.3 is 10.5 Å². The van der Waals surface area contributed by atoms with Crippen molar-refractivity contribution in [1.29, 1.82) is 0 Å². The first-order valence-corrected chi connectivity index (χ1v) is 7.77. The van der Waals surface area contributed by atoms with Gasteiger partial charge in [-0.15, -0.1) is 0 Å². The minimum atomic E-state index is 0.174. The SMILES string of the molecule is CCOc1ccc(CC(CN)c2ccccc2Cl)cc1Cl. The maximum absolute atomic E-state index is 6.26. The quantitative estimate of drug-likeness (QED) is 0.837. The number of nitrogens with two attached hydrogens (primary N) is 1. The number of hydrogen-bond donors (Lipinski definition) is 1. The smallest absolute Gasteiger partial charge is 0.137 e. The van der Waals surface area contributed by atoms with Crippen LogP contribution >= 0.6 is 23.2 Å². The lowest BCUT2D eigenvalue weighted by atomic mass is 9.92. The van der Waals surface area contributed by atoms with E-state index in [9.17, 15) is 0 Å². The topological polar surface area (TPSA) is 35.2 Å². The van der Waals surface area contributed by atoms with Gasteiger partial charge in [-0.05, 0) is 49.2 Å². The minimum absolute atomic E-state index is 0.174. The Kier molecular flexibility index (Phi) is 5.92. The molecule has 0 aromatic heterocycles. The third-order valence-electron chi connectivity index (χ3n) is 3.41. The second kappa shape index (κ2) is 7.69. The maximum Gasteiger partial charge on any atom is 0.137 e. The molecule has 2 N–H and O–H groups in total. The summed E-state index contributed by atoms with van der Waals surface area (Å²) >= 11 is 12.5. The van der Waals surface area contributed by atoms with E-state index in [1.54, 1.807) is 0 Å². The summed E-state index contributed by atoms with van der Waals surface area (Å²) in [5.74, 6) is 0.887. The summed E-state index contributed by atoms with van der Waals surface area (Å²) in [6, 6.07) is 13.7. The molecule has 0 spiro atoms. The molecule has 0 aliphatic heterocycles. The van der Waals surface area contributed by atoms with Crippen molar-refractivity contribution < 1.29 is 4.74 Å². The van der Waals surface area contributed by atoms with Gasteiger partial charge in [-0.1, -0.05) is 47.5 Å². The molecular weight excluding hydrogens is 305 g/mol. The second-order valence-corrected chi connectivity index (χ2v) is 5.67. The largest absolute Gasteiger partial charge is 0.492 e. The Morgan fingerprint density at radius 2 is 1.86 bits per heavy atom. The van der Waals surface area contributed by atoms with Crippen LogP contribution in [0.4, 0.5) is 0 Å². The summed E-state index contributed by atoms with van der Waals surface area (Å²) in [6.45, 7) is 3.07. The molecule has 0 saturated carbocycles. The number of halogens is 2. The molecule has 0 bridgehead atoms. The van der Waals surface area contributed by atoms with Crippen LogP contribution in [0.1, 0.15) is 24.0 Å². The summed E-state index contributed by atoms with van der Waals surface area (Å²) in [5.41, 5.74) is 8.12. The summed E-state index contributed by atoms with van der Waals surface area (Å²) in [6.07, 6.45) is 0.798. The van der Waals surface area contributed by atoms with E-state index in [2.05, 4.69) is 0 Å². The second-order valence-electron chi connectivity index (χ2n) is 4.86. The van der Waals surface area contributed by atoms with Crippen molar-refractivity contribution in [3.63, 3.8) is 0 Å². The lowest BCUT2D eigenvalue weighted by Crippen LogP contribution is -2.15. The highest BCUT2D eigenvalue weighted by Crippen LogP contribution is 2.30. The molecule has 0 amide bonds. The molecule has 2 rings (SSSR count). The van der Waals surface area contributed by atoms with Crippen molar-refractivity contribution in [3.05, 3.63) is 63.6 Å². The van der Waals surface area contributed by atoms with Gasteiger partial charge in [-0.2, -0.15) is 0 Å². The molecule has 1 atom stereocenters. The van der Waals surface area contributed by atoms with E-state index in [4.69, 9.17) is 33.7 Å². The van der Waals surface area contributed by atoms with Crippen LogP contribution in [0.5, 0.6) is 5.75 Å². The average molecular weight is 324 g/mol. The van der Waals surface area contributed by atoms with Gasteiger partial charge in [0.1, 0.15) is 5.75 Å². The Morgan fingerprint density at radius 1 is 1.10 bits per heavy atom. The van der Waals surface area contributed by atoms with E-state index in [0.29, 0.717) is 23.9 Å². The van der Waals surface area contributed by atoms with Gasteiger partial charge in [-0.25, -0.2) is 0 Å². The van der Waals surface area contributed by atoms with Gasteiger partial charge in [0.25, 0.3) is 0 Å². The van der Waals surface area contributed by atoms with Gasteiger partial charge in [0, 0.05) is 10.9 Å². The molecule has 2 nitrogen and oxygen atoms in total. The van der Waals surface area contributed by atoms with Gasteiger partial charge in [0.2, 0.25) is 0 Å². The Labute approximate surface area is 135 Å². The lowest BCUT2D eigenvalue weighted by Gasteiger charge is -2.17. The lowest BCUT2D eigenvalue weighted by molar-refractivity contribution is 0.340. The van der Waals surface area contributed by atoms with Gasteiger partial charge >= 0.3 is 0 Å². The first-order chi connectivity index (χ1) is 10.2. The molecule has 0 saturated heterocycles. The summed E-state index contributed by atoms with van der Waals surface area (Å²) in [4.78, 5) is 0. The third kappa shape index (κ3) is 4.13. The zero-order valence-corrected chi connectivity index (χ0v) is 13.5. The Bertz CT molecular complexity index is 601. The van der Waals surface area contributed by atoms with E-state index >= 15 is 0 Å². The molecule has 0 aliphatic carbocycles. The highest BCUT2D eigenvalue weighted by atomic mass is 35.5. The van der Waals surface area contributed by atoms with Gasteiger partial charge in [0.05, 0.1) is 11.6 Å². The molecule has 0 fully saturated rings. The molecule has 0 radical (unpaired) electrons. The van der Waals surface area contributed by atoms with E-state index in [1.807, 2.05) is 49.4 Å². The Balaban J connectivity index is 2.19. The van der Waals surface area contributed by atoms with E-state index < -0.39 is 0 Å². The first-order valence-electron chi connectivity index (χ1n) is 7.01. The van der Waals surface area contributed by atoms with E-state index in [1.165, 1.54) is 0 Å².